The van der Waals surface area contributed by atoms with Crippen molar-refractivity contribution in [2.24, 2.45) is 15.1 Å². The first-order valence-electron chi connectivity index (χ1n) is 9.93. The first kappa shape index (κ1) is 23.3. The van der Waals surface area contributed by atoms with E-state index in [0.29, 0.717) is 22.0 Å². The highest BCUT2D eigenvalue weighted by Gasteiger charge is 2.26. The zero-order valence-electron chi connectivity index (χ0n) is 17.5. The fourth-order valence-electron chi connectivity index (χ4n) is 3.56. The molecule has 0 fully saturated rings. The topological polar surface area (TPSA) is 127 Å². The van der Waals surface area contributed by atoms with Gasteiger partial charge in [0.15, 0.2) is 4.80 Å². The van der Waals surface area contributed by atoms with Gasteiger partial charge in [-0.1, -0.05) is 27.3 Å². The Labute approximate surface area is 210 Å². The summed E-state index contributed by atoms with van der Waals surface area (Å²) in [6.45, 7) is 0. The average Bonchev–Trinajstić information content (AvgIpc) is 3.29. The number of hydrogen-bond acceptors (Lipinski definition) is 6. The van der Waals surface area contributed by atoms with Crippen molar-refractivity contribution in [2.75, 3.05) is 0 Å². The SMILES string of the molecule is NS(=O)(=O)c1ccc(N=c2sc(C3=c4cc(Br)ccc4=NC3=O)c(O)n2-c2ccc(F)cc2)cc1. The van der Waals surface area contributed by atoms with Gasteiger partial charge < -0.3 is 5.11 Å². The summed E-state index contributed by atoms with van der Waals surface area (Å²) in [7, 11) is -3.87. The standard InChI is InChI=1S/C23H14BrFN4O4S2/c24-12-1-10-18-17(11-12)19(21(30)28-18)20-22(31)29(15-6-2-13(25)3-7-15)23(34-20)27-14-4-8-16(9-5-14)35(26,32)33/h1-11,31H,(H2,26,32,33). The lowest BCUT2D eigenvalue weighted by atomic mass is 10.1. The second-order valence-electron chi connectivity index (χ2n) is 7.45. The fourth-order valence-corrected chi connectivity index (χ4v) is 5.54. The van der Waals surface area contributed by atoms with Crippen LogP contribution in [0.4, 0.5) is 10.1 Å². The van der Waals surface area contributed by atoms with Crippen LogP contribution < -0.4 is 20.5 Å². The second-order valence-corrected chi connectivity index (χ2v) is 10.9. The molecule has 4 aromatic rings. The van der Waals surface area contributed by atoms with Crippen molar-refractivity contribution in [1.29, 1.82) is 0 Å². The lowest BCUT2D eigenvalue weighted by molar-refractivity contribution is -0.112. The monoisotopic (exact) mass is 572 g/mol. The Bertz CT molecular complexity index is 1810. The quantitative estimate of drug-likeness (QED) is 0.389. The van der Waals surface area contributed by atoms with Crippen molar-refractivity contribution < 1.29 is 22.7 Å². The minimum absolute atomic E-state index is 0.0755. The Balaban J connectivity index is 1.78. The van der Waals surface area contributed by atoms with E-state index in [1.807, 2.05) is 0 Å². The molecule has 0 bridgehead atoms. The van der Waals surface area contributed by atoms with E-state index in [0.717, 1.165) is 15.8 Å². The van der Waals surface area contributed by atoms with Crippen molar-refractivity contribution in [3.63, 3.8) is 0 Å². The van der Waals surface area contributed by atoms with Gasteiger partial charge in [-0.05, 0) is 66.7 Å². The third kappa shape index (κ3) is 4.36. The molecule has 0 unspecified atom stereocenters. The summed E-state index contributed by atoms with van der Waals surface area (Å²) < 4.78 is 38.8. The van der Waals surface area contributed by atoms with Gasteiger partial charge in [-0.3, -0.25) is 9.36 Å². The van der Waals surface area contributed by atoms with Crippen molar-refractivity contribution in [2.45, 2.75) is 4.90 Å². The number of aromatic nitrogens is 1. The number of primary sulfonamides is 1. The Kier molecular flexibility index (Phi) is 5.75. The van der Waals surface area contributed by atoms with Crippen LogP contribution in [0, 0.1) is 5.82 Å². The van der Waals surface area contributed by atoms with Gasteiger partial charge in [-0.25, -0.2) is 27.9 Å². The molecule has 0 radical (unpaired) electrons. The van der Waals surface area contributed by atoms with Gasteiger partial charge in [0.1, 0.15) is 10.7 Å². The van der Waals surface area contributed by atoms with E-state index in [4.69, 9.17) is 5.14 Å². The predicted molar refractivity (Wildman–Crippen MR) is 131 cm³/mol. The van der Waals surface area contributed by atoms with E-state index in [2.05, 4.69) is 25.9 Å². The maximum absolute atomic E-state index is 13.6. The normalized spacial score (nSPS) is 13.7. The van der Waals surface area contributed by atoms with Gasteiger partial charge in [-0.15, -0.1) is 0 Å². The van der Waals surface area contributed by atoms with Crippen LogP contribution in [-0.2, 0) is 14.8 Å². The number of aromatic hydroxyl groups is 1. The van der Waals surface area contributed by atoms with E-state index >= 15 is 0 Å². The highest BCUT2D eigenvalue weighted by atomic mass is 79.9. The molecule has 176 valence electrons. The first-order chi connectivity index (χ1) is 16.6. The molecule has 0 saturated carbocycles. The number of nitrogens with zero attached hydrogens (tertiary/aromatic N) is 3. The molecule has 0 spiro atoms. The molecule has 0 saturated heterocycles. The third-order valence-corrected chi connectivity index (χ3v) is 7.63. The second kappa shape index (κ2) is 8.64. The number of carbonyl (C=O) groups is 1. The summed E-state index contributed by atoms with van der Waals surface area (Å²) in [6.07, 6.45) is 0. The van der Waals surface area contributed by atoms with E-state index in [9.17, 15) is 22.7 Å². The number of rotatable bonds is 4. The van der Waals surface area contributed by atoms with Gasteiger partial charge in [0, 0.05) is 9.69 Å². The molecule has 35 heavy (non-hydrogen) atoms. The number of carbonyl (C=O) groups excluding carboxylic acids is 1. The third-order valence-electron chi connectivity index (χ3n) is 5.17. The van der Waals surface area contributed by atoms with Crippen LogP contribution in [0.2, 0.25) is 0 Å². The number of thiazole rings is 1. The number of benzene rings is 3. The molecular formula is C23H14BrFN4O4S2. The van der Waals surface area contributed by atoms with Crippen LogP contribution in [0.15, 0.2) is 86.1 Å². The Morgan fingerprint density at radius 2 is 1.74 bits per heavy atom. The molecule has 5 rings (SSSR count). The Morgan fingerprint density at radius 3 is 2.40 bits per heavy atom. The number of halogens is 2. The molecule has 3 N–H and O–H groups in total. The molecule has 1 amide bonds. The lowest BCUT2D eigenvalue weighted by Crippen LogP contribution is -2.22. The summed E-state index contributed by atoms with van der Waals surface area (Å²) in [6, 6.07) is 16.1. The molecule has 0 aliphatic carbocycles. The van der Waals surface area contributed by atoms with Crippen molar-refractivity contribution in [3.8, 4) is 11.6 Å². The highest BCUT2D eigenvalue weighted by Crippen LogP contribution is 2.31. The highest BCUT2D eigenvalue weighted by molar-refractivity contribution is 9.10. The van der Waals surface area contributed by atoms with E-state index < -0.39 is 21.7 Å². The predicted octanol–water partition coefficient (Wildman–Crippen LogP) is 2.38. The fraction of sp³-hybridized carbons (Fsp3) is 0. The zero-order valence-corrected chi connectivity index (χ0v) is 20.7. The lowest BCUT2D eigenvalue weighted by Gasteiger charge is -2.06. The van der Waals surface area contributed by atoms with E-state index in [1.165, 1.54) is 53.1 Å². The van der Waals surface area contributed by atoms with E-state index in [-0.39, 0.29) is 26.0 Å². The largest absolute Gasteiger partial charge is 0.493 e. The Morgan fingerprint density at radius 1 is 1.06 bits per heavy atom. The number of amides is 1. The molecule has 8 nitrogen and oxygen atoms in total. The number of nitrogens with two attached hydrogens (primary N) is 1. The minimum Gasteiger partial charge on any atom is -0.493 e. The number of fused-ring (bicyclic) bond motifs is 1. The molecule has 1 aliphatic heterocycles. The maximum atomic E-state index is 13.6. The summed E-state index contributed by atoms with van der Waals surface area (Å²) in [4.78, 5) is 21.8. The summed E-state index contributed by atoms with van der Waals surface area (Å²) >= 11 is 4.43. The molecule has 1 aliphatic rings. The van der Waals surface area contributed by atoms with Crippen LogP contribution in [-0.4, -0.2) is 24.0 Å². The number of sulfonamides is 1. The molecule has 3 aromatic carbocycles. The Hall–Kier alpha value is -3.45. The van der Waals surface area contributed by atoms with Gasteiger partial charge in [-0.2, -0.15) is 0 Å². The molecule has 0 atom stereocenters. The smallest absolute Gasteiger partial charge is 0.279 e. The molecule has 2 heterocycles. The summed E-state index contributed by atoms with van der Waals surface area (Å²) in [5.41, 5.74) is 0.992. The van der Waals surface area contributed by atoms with Crippen molar-refractivity contribution >= 4 is 54.5 Å². The van der Waals surface area contributed by atoms with Crippen molar-refractivity contribution in [3.05, 3.63) is 97.3 Å². The van der Waals surface area contributed by atoms with Crippen molar-refractivity contribution in [1.82, 2.24) is 4.57 Å². The first-order valence-corrected chi connectivity index (χ1v) is 13.1. The van der Waals surface area contributed by atoms with Crippen LogP contribution in [0.1, 0.15) is 4.88 Å². The molecule has 12 heteroatoms. The maximum Gasteiger partial charge on any atom is 0.279 e. The van der Waals surface area contributed by atoms with Gasteiger partial charge in [0.2, 0.25) is 15.9 Å². The molecular weight excluding hydrogens is 559 g/mol. The summed E-state index contributed by atoms with van der Waals surface area (Å²) in [5.74, 6) is -1.24. The van der Waals surface area contributed by atoms with E-state index in [1.54, 1.807) is 18.2 Å². The molecule has 1 aromatic heterocycles. The van der Waals surface area contributed by atoms with Crippen LogP contribution in [0.3, 0.4) is 0 Å². The average molecular weight is 573 g/mol. The van der Waals surface area contributed by atoms with Gasteiger partial charge in [0.05, 0.1) is 27.2 Å². The zero-order chi connectivity index (χ0) is 24.9. The van der Waals surface area contributed by atoms with Gasteiger partial charge >= 0.3 is 0 Å². The van der Waals surface area contributed by atoms with Crippen LogP contribution in [0.5, 0.6) is 5.88 Å². The summed E-state index contributed by atoms with van der Waals surface area (Å²) in [5, 5.41) is 17.4. The van der Waals surface area contributed by atoms with Crippen LogP contribution in [0.25, 0.3) is 11.3 Å². The van der Waals surface area contributed by atoms with Gasteiger partial charge in [0.25, 0.3) is 5.91 Å². The van der Waals surface area contributed by atoms with Crippen LogP contribution >= 0.6 is 27.3 Å². The number of hydrogen-bond donors (Lipinski definition) is 2. The minimum atomic E-state index is -3.87.